The Kier molecular flexibility index (Phi) is 3.65. The first-order valence-electron chi connectivity index (χ1n) is 7.02. The van der Waals surface area contributed by atoms with Crippen LogP contribution in [-0.2, 0) is 0 Å². The third-order valence-corrected chi connectivity index (χ3v) is 3.63. The molecular formula is C17H18N4O. The van der Waals surface area contributed by atoms with Crippen LogP contribution in [0.15, 0.2) is 42.5 Å². The Morgan fingerprint density at radius 2 is 1.77 bits per heavy atom. The van der Waals surface area contributed by atoms with Gasteiger partial charge in [-0.05, 0) is 42.8 Å². The minimum atomic E-state index is -0.350. The Labute approximate surface area is 128 Å². The lowest BCUT2D eigenvalue weighted by Crippen LogP contribution is -2.15. The van der Waals surface area contributed by atoms with Gasteiger partial charge >= 0.3 is 0 Å². The van der Waals surface area contributed by atoms with Gasteiger partial charge < -0.3 is 16.2 Å². The van der Waals surface area contributed by atoms with Gasteiger partial charge in [0, 0.05) is 11.1 Å². The van der Waals surface area contributed by atoms with Crippen LogP contribution in [0.3, 0.4) is 0 Å². The molecule has 1 heterocycles. The van der Waals surface area contributed by atoms with Crippen molar-refractivity contribution in [2.75, 3.05) is 12.8 Å². The van der Waals surface area contributed by atoms with E-state index in [-0.39, 0.29) is 6.04 Å². The van der Waals surface area contributed by atoms with Crippen LogP contribution in [0.5, 0.6) is 5.75 Å². The third-order valence-electron chi connectivity index (χ3n) is 3.63. The van der Waals surface area contributed by atoms with Gasteiger partial charge in [0.1, 0.15) is 11.6 Å². The zero-order valence-electron chi connectivity index (χ0n) is 12.6. The quantitative estimate of drug-likeness (QED) is 0.725. The number of anilines is 1. The minimum Gasteiger partial charge on any atom is -0.497 e. The van der Waals surface area contributed by atoms with Crippen molar-refractivity contribution in [3.63, 3.8) is 0 Å². The van der Waals surface area contributed by atoms with E-state index in [9.17, 15) is 0 Å². The van der Waals surface area contributed by atoms with Crippen LogP contribution in [0.1, 0.15) is 23.1 Å². The zero-order valence-corrected chi connectivity index (χ0v) is 12.6. The Bertz CT molecular complexity index is 815. The molecule has 0 fully saturated rings. The summed E-state index contributed by atoms with van der Waals surface area (Å²) in [4.78, 5) is 8.98. The number of ether oxygens (including phenoxy) is 1. The average Bonchev–Trinajstić information content (AvgIpc) is 2.54. The topological polar surface area (TPSA) is 87.0 Å². The van der Waals surface area contributed by atoms with Crippen molar-refractivity contribution in [2.24, 2.45) is 5.73 Å². The molecule has 0 aliphatic heterocycles. The van der Waals surface area contributed by atoms with Crippen molar-refractivity contribution in [3.05, 3.63) is 59.5 Å². The summed E-state index contributed by atoms with van der Waals surface area (Å²) in [5, 5.41) is 0.883. The van der Waals surface area contributed by atoms with E-state index in [1.165, 1.54) is 0 Å². The van der Waals surface area contributed by atoms with Gasteiger partial charge in [-0.2, -0.15) is 0 Å². The number of fused-ring (bicyclic) bond motifs is 1. The Morgan fingerprint density at radius 3 is 2.45 bits per heavy atom. The molecular weight excluding hydrogens is 276 g/mol. The van der Waals surface area contributed by atoms with Crippen LogP contribution >= 0.6 is 0 Å². The molecule has 22 heavy (non-hydrogen) atoms. The number of methoxy groups -OCH3 is 1. The van der Waals surface area contributed by atoms with E-state index in [0.717, 1.165) is 27.9 Å². The van der Waals surface area contributed by atoms with Gasteiger partial charge in [-0.1, -0.05) is 12.1 Å². The van der Waals surface area contributed by atoms with Crippen LogP contribution in [-0.4, -0.2) is 17.1 Å². The normalized spacial score (nSPS) is 12.3. The molecule has 1 aromatic heterocycles. The maximum Gasteiger partial charge on any atom is 0.126 e. The lowest BCUT2D eigenvalue weighted by atomic mass is 10.0. The Balaban J connectivity index is 2.12. The Hall–Kier alpha value is -2.66. The summed E-state index contributed by atoms with van der Waals surface area (Å²) in [7, 11) is 1.64. The molecule has 4 N–H and O–H groups in total. The zero-order chi connectivity index (χ0) is 15.7. The second-order valence-electron chi connectivity index (χ2n) is 5.18. The molecule has 1 unspecified atom stereocenters. The highest BCUT2D eigenvalue weighted by molar-refractivity contribution is 5.84. The van der Waals surface area contributed by atoms with Crippen molar-refractivity contribution in [1.29, 1.82) is 0 Å². The largest absolute Gasteiger partial charge is 0.497 e. The molecule has 0 amide bonds. The van der Waals surface area contributed by atoms with Crippen LogP contribution in [0.25, 0.3) is 10.9 Å². The van der Waals surface area contributed by atoms with Crippen molar-refractivity contribution < 1.29 is 4.74 Å². The maximum absolute atomic E-state index is 6.42. The summed E-state index contributed by atoms with van der Waals surface area (Å²) < 4.78 is 5.18. The fourth-order valence-corrected chi connectivity index (χ4v) is 2.50. The van der Waals surface area contributed by atoms with E-state index in [2.05, 4.69) is 9.97 Å². The summed E-state index contributed by atoms with van der Waals surface area (Å²) >= 11 is 0. The SMILES string of the molecule is COc1ccc(C(N)c2nc(C)nc3ccc(N)cc23)cc1. The highest BCUT2D eigenvalue weighted by atomic mass is 16.5. The number of nitrogens with zero attached hydrogens (tertiary/aromatic N) is 2. The van der Waals surface area contributed by atoms with Gasteiger partial charge in [0.2, 0.25) is 0 Å². The van der Waals surface area contributed by atoms with Gasteiger partial charge in [0.25, 0.3) is 0 Å². The number of benzene rings is 2. The fourth-order valence-electron chi connectivity index (χ4n) is 2.50. The first-order chi connectivity index (χ1) is 10.6. The van der Waals surface area contributed by atoms with E-state index in [1.807, 2.05) is 49.4 Å². The Morgan fingerprint density at radius 1 is 1.05 bits per heavy atom. The average molecular weight is 294 g/mol. The predicted molar refractivity (Wildman–Crippen MR) is 87.7 cm³/mol. The van der Waals surface area contributed by atoms with Crippen molar-refractivity contribution in [2.45, 2.75) is 13.0 Å². The smallest absolute Gasteiger partial charge is 0.126 e. The lowest BCUT2D eigenvalue weighted by molar-refractivity contribution is 0.414. The maximum atomic E-state index is 6.42. The van der Waals surface area contributed by atoms with Crippen LogP contribution in [0.2, 0.25) is 0 Å². The van der Waals surface area contributed by atoms with Gasteiger partial charge in [-0.25, -0.2) is 9.97 Å². The summed E-state index contributed by atoms with van der Waals surface area (Å²) in [6, 6.07) is 12.9. The number of nitrogen functional groups attached to an aromatic ring is 1. The summed E-state index contributed by atoms with van der Waals surface area (Å²) in [6.45, 7) is 1.86. The molecule has 0 radical (unpaired) electrons. The van der Waals surface area contributed by atoms with E-state index in [1.54, 1.807) is 7.11 Å². The summed E-state index contributed by atoms with van der Waals surface area (Å²) in [5.74, 6) is 1.49. The lowest BCUT2D eigenvalue weighted by Gasteiger charge is -2.15. The predicted octanol–water partition coefficient (Wildman–Crippen LogP) is 2.58. The van der Waals surface area contributed by atoms with Crippen molar-refractivity contribution in [3.8, 4) is 5.75 Å². The van der Waals surface area contributed by atoms with Crippen molar-refractivity contribution >= 4 is 16.6 Å². The van der Waals surface area contributed by atoms with Crippen LogP contribution in [0.4, 0.5) is 5.69 Å². The number of hydrogen-bond acceptors (Lipinski definition) is 5. The second-order valence-corrected chi connectivity index (χ2v) is 5.18. The molecule has 3 aromatic rings. The van der Waals surface area contributed by atoms with E-state index in [4.69, 9.17) is 16.2 Å². The number of aromatic nitrogens is 2. The third kappa shape index (κ3) is 2.58. The van der Waals surface area contributed by atoms with Gasteiger partial charge in [0.15, 0.2) is 0 Å². The van der Waals surface area contributed by atoms with Gasteiger partial charge in [-0.15, -0.1) is 0 Å². The molecule has 3 rings (SSSR count). The van der Waals surface area contributed by atoms with Gasteiger partial charge in [0.05, 0.1) is 24.4 Å². The van der Waals surface area contributed by atoms with Crippen molar-refractivity contribution in [1.82, 2.24) is 9.97 Å². The molecule has 0 saturated carbocycles. The molecule has 0 aliphatic rings. The molecule has 2 aromatic carbocycles. The van der Waals surface area contributed by atoms with E-state index in [0.29, 0.717) is 11.5 Å². The van der Waals surface area contributed by atoms with E-state index >= 15 is 0 Å². The number of aryl methyl sites for hydroxylation is 1. The first kappa shape index (κ1) is 14.3. The first-order valence-corrected chi connectivity index (χ1v) is 7.02. The monoisotopic (exact) mass is 294 g/mol. The molecule has 0 saturated heterocycles. The minimum absolute atomic E-state index is 0.350. The molecule has 0 aliphatic carbocycles. The van der Waals surface area contributed by atoms with Gasteiger partial charge in [-0.3, -0.25) is 0 Å². The summed E-state index contributed by atoms with van der Waals surface area (Å²) in [6.07, 6.45) is 0. The highest BCUT2D eigenvalue weighted by Crippen LogP contribution is 2.27. The molecule has 112 valence electrons. The van der Waals surface area contributed by atoms with E-state index < -0.39 is 0 Å². The summed E-state index contributed by atoms with van der Waals surface area (Å²) in [5.41, 5.74) is 15.6. The standard InChI is InChI=1S/C17H18N4O/c1-10-20-15-8-5-12(18)9-14(15)17(21-10)16(19)11-3-6-13(22-2)7-4-11/h3-9,16H,18-19H2,1-2H3. The number of nitrogens with two attached hydrogens (primary N) is 2. The molecule has 1 atom stereocenters. The second kappa shape index (κ2) is 5.61. The van der Waals surface area contributed by atoms with Crippen LogP contribution in [0, 0.1) is 6.92 Å². The molecule has 0 spiro atoms. The molecule has 5 heteroatoms. The van der Waals surface area contributed by atoms with Crippen LogP contribution < -0.4 is 16.2 Å². The molecule has 5 nitrogen and oxygen atoms in total. The highest BCUT2D eigenvalue weighted by Gasteiger charge is 2.16. The number of hydrogen-bond donors (Lipinski definition) is 2. The number of rotatable bonds is 3. The fraction of sp³-hybridized carbons (Fsp3) is 0.176. The molecule has 0 bridgehead atoms.